The number of aliphatic hydroxyl groups excluding tert-OH is 7. The van der Waals surface area contributed by atoms with Gasteiger partial charge < -0.3 is 83.5 Å². The van der Waals surface area contributed by atoms with Gasteiger partial charge in [-0.15, -0.1) is 0 Å². The summed E-state index contributed by atoms with van der Waals surface area (Å²) in [4.78, 5) is 14.1. The van der Waals surface area contributed by atoms with Crippen molar-refractivity contribution < 1.29 is 83.5 Å². The fraction of sp³-hybridized carbons (Fsp3) is 0.500. The van der Waals surface area contributed by atoms with Gasteiger partial charge in [0, 0.05) is 11.6 Å². The zero-order valence-corrected chi connectivity index (χ0v) is 25.7. The Morgan fingerprint density at radius 1 is 0.729 bits per heavy atom. The van der Waals surface area contributed by atoms with Crippen LogP contribution in [0.5, 0.6) is 34.5 Å². The van der Waals surface area contributed by atoms with Gasteiger partial charge >= 0.3 is 0 Å². The number of methoxy groups -OCH3 is 3. The zero-order valence-electron chi connectivity index (χ0n) is 25.7. The Morgan fingerprint density at radius 3 is 2.00 bits per heavy atom. The van der Waals surface area contributed by atoms with Gasteiger partial charge in [-0.25, -0.2) is 0 Å². The third-order valence-corrected chi connectivity index (χ3v) is 8.10. The maximum Gasteiger partial charge on any atom is 0.239 e. The van der Waals surface area contributed by atoms with Crippen LogP contribution in [0, 0.1) is 0 Å². The molecule has 10 unspecified atom stereocenters. The summed E-state index contributed by atoms with van der Waals surface area (Å²) in [5, 5.41) is 93.3. The molecule has 2 fully saturated rings. The van der Waals surface area contributed by atoms with Gasteiger partial charge in [0.1, 0.15) is 59.8 Å². The van der Waals surface area contributed by atoms with Gasteiger partial charge in [0.25, 0.3) is 0 Å². The van der Waals surface area contributed by atoms with Crippen LogP contribution in [0.1, 0.15) is 0 Å². The molecule has 3 aromatic rings. The molecule has 2 aromatic carbocycles. The molecule has 2 aliphatic heterocycles. The molecule has 3 heterocycles. The molecule has 10 atom stereocenters. The van der Waals surface area contributed by atoms with E-state index >= 15 is 0 Å². The molecule has 2 aliphatic rings. The van der Waals surface area contributed by atoms with Gasteiger partial charge in [-0.3, -0.25) is 4.79 Å². The maximum atomic E-state index is 14.1. The molecule has 0 bridgehead atoms. The first-order chi connectivity index (χ1) is 22.9. The average molecular weight is 685 g/mol. The lowest BCUT2D eigenvalue weighted by Crippen LogP contribution is -2.65. The summed E-state index contributed by atoms with van der Waals surface area (Å²) in [5.74, 6) is -2.15. The molecule has 18 heteroatoms. The van der Waals surface area contributed by atoms with Gasteiger partial charge in [-0.05, 0) is 18.2 Å². The van der Waals surface area contributed by atoms with Crippen molar-refractivity contribution in [1.29, 1.82) is 0 Å². The minimum atomic E-state index is -2.02. The van der Waals surface area contributed by atoms with Crippen LogP contribution in [0.25, 0.3) is 22.3 Å². The normalized spacial score (nSPS) is 30.6. The van der Waals surface area contributed by atoms with E-state index in [1.165, 1.54) is 45.6 Å². The van der Waals surface area contributed by atoms with Crippen LogP contribution in [-0.4, -0.2) is 142 Å². The molecule has 5 rings (SSSR count). The van der Waals surface area contributed by atoms with Crippen LogP contribution < -0.4 is 24.4 Å². The van der Waals surface area contributed by atoms with E-state index in [0.29, 0.717) is 0 Å². The molecule has 0 aliphatic carbocycles. The minimum Gasteiger partial charge on any atom is -0.504 e. The van der Waals surface area contributed by atoms with Crippen molar-refractivity contribution >= 4 is 11.0 Å². The topological polar surface area (TPSA) is 277 Å². The second-order valence-corrected chi connectivity index (χ2v) is 10.9. The van der Waals surface area contributed by atoms with Crippen molar-refractivity contribution in [2.75, 3.05) is 34.5 Å². The summed E-state index contributed by atoms with van der Waals surface area (Å²) in [6.45, 7) is -1.66. The Balaban J connectivity index is 1.61. The predicted molar refractivity (Wildman–Crippen MR) is 158 cm³/mol. The lowest BCUT2D eigenvalue weighted by molar-refractivity contribution is -0.352. The molecule has 0 radical (unpaired) electrons. The number of aromatic hydroxyl groups is 2. The third-order valence-electron chi connectivity index (χ3n) is 8.10. The van der Waals surface area contributed by atoms with E-state index in [2.05, 4.69) is 0 Å². The molecular formula is C30H36O18. The standard InChI is InChI=1S/C30H36O18/c1-41-12-6-10(4-5-11(12)33)25-28(21(37)17-13(44-25)7-14(42-2)26(43-3)20(17)36)48-30-24(40)27(19(35)16(9-32)46-30)47-29-23(39)22(38)18(34)15(8-31)45-29/h4-7,15-16,18-19,22-24,27,29-36,38-40H,8-9H2,1-3H3. The van der Waals surface area contributed by atoms with Crippen LogP contribution in [0.15, 0.2) is 33.5 Å². The number of hydrogen-bond donors (Lipinski definition) is 9. The second kappa shape index (κ2) is 14.3. The van der Waals surface area contributed by atoms with E-state index in [1.807, 2.05) is 0 Å². The molecule has 9 N–H and O–H groups in total. The molecule has 1 aromatic heterocycles. The van der Waals surface area contributed by atoms with Crippen LogP contribution in [0.2, 0.25) is 0 Å². The number of benzene rings is 2. The fourth-order valence-electron chi connectivity index (χ4n) is 5.50. The Bertz CT molecular complexity index is 1660. The van der Waals surface area contributed by atoms with Gasteiger partial charge in [0.05, 0.1) is 34.5 Å². The van der Waals surface area contributed by atoms with Crippen molar-refractivity contribution in [3.8, 4) is 45.8 Å². The Labute approximate surface area is 271 Å². The first-order valence-corrected chi connectivity index (χ1v) is 14.5. The lowest BCUT2D eigenvalue weighted by atomic mass is 9.97. The van der Waals surface area contributed by atoms with Gasteiger partial charge in [0.15, 0.2) is 35.0 Å². The summed E-state index contributed by atoms with van der Waals surface area (Å²) in [6, 6.07) is 5.16. The van der Waals surface area contributed by atoms with E-state index in [1.54, 1.807) is 0 Å². The van der Waals surface area contributed by atoms with Crippen molar-refractivity contribution in [2.24, 2.45) is 0 Å². The summed E-state index contributed by atoms with van der Waals surface area (Å²) >= 11 is 0. The second-order valence-electron chi connectivity index (χ2n) is 10.9. The molecule has 18 nitrogen and oxygen atoms in total. The maximum absolute atomic E-state index is 14.1. The van der Waals surface area contributed by atoms with E-state index in [-0.39, 0.29) is 39.9 Å². The van der Waals surface area contributed by atoms with Crippen LogP contribution in [-0.2, 0) is 14.2 Å². The van der Waals surface area contributed by atoms with Crippen LogP contribution in [0.4, 0.5) is 0 Å². The number of rotatable bonds is 10. The third kappa shape index (κ3) is 6.18. The van der Waals surface area contributed by atoms with E-state index < -0.39 is 96.9 Å². The smallest absolute Gasteiger partial charge is 0.239 e. The number of phenolic OH excluding ortho intramolecular Hbond substituents is 2. The monoisotopic (exact) mass is 684 g/mol. The lowest BCUT2D eigenvalue weighted by Gasteiger charge is -2.45. The number of hydrogen-bond acceptors (Lipinski definition) is 18. The molecule has 0 amide bonds. The first-order valence-electron chi connectivity index (χ1n) is 14.5. The highest BCUT2D eigenvalue weighted by Crippen LogP contribution is 2.45. The Kier molecular flexibility index (Phi) is 10.5. The summed E-state index contributed by atoms with van der Waals surface area (Å²) < 4.78 is 44.1. The molecule has 2 saturated heterocycles. The largest absolute Gasteiger partial charge is 0.504 e. The Morgan fingerprint density at radius 2 is 1.38 bits per heavy atom. The summed E-state index contributed by atoms with van der Waals surface area (Å²) in [6.07, 6.45) is -17.8. The zero-order chi connectivity index (χ0) is 35.0. The van der Waals surface area contributed by atoms with Crippen molar-refractivity contribution in [1.82, 2.24) is 0 Å². The number of phenols is 2. The molecule has 0 spiro atoms. The highest BCUT2D eigenvalue weighted by molar-refractivity contribution is 5.91. The summed E-state index contributed by atoms with van der Waals surface area (Å²) in [5.41, 5.74) is -1.10. The van der Waals surface area contributed by atoms with Gasteiger partial charge in [-0.1, -0.05) is 0 Å². The average Bonchev–Trinajstić information content (AvgIpc) is 3.08. The first kappa shape index (κ1) is 35.4. The van der Waals surface area contributed by atoms with E-state index in [4.69, 9.17) is 37.6 Å². The number of ether oxygens (including phenoxy) is 7. The van der Waals surface area contributed by atoms with Gasteiger partial charge in [0.2, 0.25) is 23.2 Å². The van der Waals surface area contributed by atoms with Gasteiger partial charge in [-0.2, -0.15) is 0 Å². The minimum absolute atomic E-state index is 0.00699. The van der Waals surface area contributed by atoms with Crippen LogP contribution >= 0.6 is 0 Å². The number of aliphatic hydroxyl groups is 7. The van der Waals surface area contributed by atoms with E-state index in [0.717, 1.165) is 0 Å². The highest BCUT2D eigenvalue weighted by atomic mass is 16.7. The molecule has 48 heavy (non-hydrogen) atoms. The molecule has 0 saturated carbocycles. The summed E-state index contributed by atoms with van der Waals surface area (Å²) in [7, 11) is 3.80. The van der Waals surface area contributed by atoms with Crippen molar-refractivity contribution in [3.63, 3.8) is 0 Å². The molecule has 264 valence electrons. The quantitative estimate of drug-likeness (QED) is 0.111. The SMILES string of the molecule is COc1cc(-c2oc3cc(OC)c(OC)c(O)c3c(=O)c2OC2OC(CO)C(O)C(OC3OC(CO)C(O)C(O)C3O)C2O)ccc1O. The Hall–Kier alpha value is -3.95. The molecular weight excluding hydrogens is 648 g/mol. The van der Waals surface area contributed by atoms with Crippen molar-refractivity contribution in [3.05, 3.63) is 34.5 Å². The van der Waals surface area contributed by atoms with E-state index in [9.17, 15) is 50.8 Å². The van der Waals surface area contributed by atoms with Crippen LogP contribution in [0.3, 0.4) is 0 Å². The highest BCUT2D eigenvalue weighted by Gasteiger charge is 2.51. The number of fused-ring (bicyclic) bond motifs is 1. The fourth-order valence-corrected chi connectivity index (χ4v) is 5.50. The van der Waals surface area contributed by atoms with Crippen molar-refractivity contribution in [2.45, 2.75) is 61.4 Å². The predicted octanol–water partition coefficient (Wildman–Crippen LogP) is -2.10.